The van der Waals surface area contributed by atoms with E-state index in [-0.39, 0.29) is 28.6 Å². The molecule has 2 amide bonds. The number of amides is 2. The lowest BCUT2D eigenvalue weighted by Crippen LogP contribution is -2.35. The molecule has 1 atom stereocenters. The first-order valence-electron chi connectivity index (χ1n) is 8.34. The lowest BCUT2D eigenvalue weighted by atomic mass is 10.2. The number of carbonyl (C=O) groups is 2. The van der Waals surface area contributed by atoms with E-state index < -0.39 is 0 Å². The zero-order valence-corrected chi connectivity index (χ0v) is 17.2. The maximum absolute atomic E-state index is 12.2. The van der Waals surface area contributed by atoms with Crippen LogP contribution >= 0.6 is 34.7 Å². The van der Waals surface area contributed by atoms with Crippen LogP contribution in [0.5, 0.6) is 0 Å². The molecule has 0 saturated carbocycles. The molecule has 28 heavy (non-hydrogen) atoms. The summed E-state index contributed by atoms with van der Waals surface area (Å²) in [5, 5.41) is 14.3. The SMILES string of the molecule is C[C@@H](Cc1ccco1)NC(=O)CSc1nnc(C(=O)Nc2ccc(Cl)cc2)s1. The van der Waals surface area contributed by atoms with E-state index in [2.05, 4.69) is 20.8 Å². The number of nitrogens with zero attached hydrogens (tertiary/aromatic N) is 2. The summed E-state index contributed by atoms with van der Waals surface area (Å²) in [6, 6.07) is 10.4. The van der Waals surface area contributed by atoms with Crippen LogP contribution in [0.3, 0.4) is 0 Å². The van der Waals surface area contributed by atoms with Gasteiger partial charge in [0.25, 0.3) is 5.91 Å². The van der Waals surface area contributed by atoms with Gasteiger partial charge in [0, 0.05) is 23.2 Å². The molecule has 7 nitrogen and oxygen atoms in total. The number of benzene rings is 1. The minimum absolute atomic E-state index is 0.0469. The van der Waals surface area contributed by atoms with Crippen molar-refractivity contribution in [3.05, 3.63) is 58.5 Å². The van der Waals surface area contributed by atoms with Crippen LogP contribution in [0.2, 0.25) is 5.02 Å². The molecular formula is C18H17ClN4O3S2. The summed E-state index contributed by atoms with van der Waals surface area (Å²) in [6.45, 7) is 1.91. The number of nitrogens with one attached hydrogen (secondary N) is 2. The highest BCUT2D eigenvalue weighted by molar-refractivity contribution is 8.01. The van der Waals surface area contributed by atoms with Crippen molar-refractivity contribution in [1.29, 1.82) is 0 Å². The molecule has 10 heteroatoms. The van der Waals surface area contributed by atoms with Crippen molar-refractivity contribution in [2.75, 3.05) is 11.1 Å². The zero-order chi connectivity index (χ0) is 19.9. The molecule has 0 aliphatic carbocycles. The van der Waals surface area contributed by atoms with Crippen molar-refractivity contribution < 1.29 is 14.0 Å². The number of furan rings is 1. The Bertz CT molecular complexity index is 929. The Hall–Kier alpha value is -2.36. The molecule has 3 rings (SSSR count). The van der Waals surface area contributed by atoms with Gasteiger partial charge in [0.15, 0.2) is 4.34 Å². The van der Waals surface area contributed by atoms with Gasteiger partial charge in [-0.1, -0.05) is 34.7 Å². The van der Waals surface area contributed by atoms with Crippen LogP contribution in [0, 0.1) is 0 Å². The molecule has 146 valence electrons. The van der Waals surface area contributed by atoms with Crippen LogP contribution in [0.15, 0.2) is 51.4 Å². The third kappa shape index (κ3) is 6.08. The molecule has 0 fully saturated rings. The number of halogens is 1. The predicted octanol–water partition coefficient (Wildman–Crippen LogP) is 3.88. The highest BCUT2D eigenvalue weighted by atomic mass is 35.5. The molecule has 0 bridgehead atoms. The molecule has 2 N–H and O–H groups in total. The second-order valence-electron chi connectivity index (χ2n) is 5.87. The number of hydrogen-bond donors (Lipinski definition) is 2. The summed E-state index contributed by atoms with van der Waals surface area (Å²) in [5.74, 6) is 0.533. The van der Waals surface area contributed by atoms with Gasteiger partial charge in [-0.2, -0.15) is 0 Å². The van der Waals surface area contributed by atoms with Crippen LogP contribution in [-0.2, 0) is 11.2 Å². The minimum atomic E-state index is -0.358. The van der Waals surface area contributed by atoms with E-state index in [0.29, 0.717) is 21.5 Å². The van der Waals surface area contributed by atoms with Crippen molar-refractivity contribution in [3.8, 4) is 0 Å². The van der Waals surface area contributed by atoms with Gasteiger partial charge in [0.1, 0.15) is 5.76 Å². The van der Waals surface area contributed by atoms with Gasteiger partial charge in [-0.3, -0.25) is 9.59 Å². The van der Waals surface area contributed by atoms with Gasteiger partial charge in [-0.25, -0.2) is 0 Å². The van der Waals surface area contributed by atoms with Gasteiger partial charge in [-0.05, 0) is 43.3 Å². The highest BCUT2D eigenvalue weighted by Crippen LogP contribution is 2.23. The molecule has 0 unspecified atom stereocenters. The Morgan fingerprint density at radius 1 is 1.25 bits per heavy atom. The Balaban J connectivity index is 1.45. The third-order valence-electron chi connectivity index (χ3n) is 3.52. The second kappa shape index (κ2) is 9.72. The average Bonchev–Trinajstić information content (AvgIpc) is 3.33. The van der Waals surface area contributed by atoms with Gasteiger partial charge in [0.2, 0.25) is 10.9 Å². The minimum Gasteiger partial charge on any atom is -0.469 e. The summed E-state index contributed by atoms with van der Waals surface area (Å²) in [4.78, 5) is 24.3. The summed E-state index contributed by atoms with van der Waals surface area (Å²) in [6.07, 6.45) is 2.23. The smallest absolute Gasteiger partial charge is 0.286 e. The van der Waals surface area contributed by atoms with Crippen molar-refractivity contribution in [3.63, 3.8) is 0 Å². The number of rotatable bonds is 8. The first-order valence-corrected chi connectivity index (χ1v) is 10.5. The van der Waals surface area contributed by atoms with Crippen LogP contribution in [-0.4, -0.2) is 33.8 Å². The molecule has 2 heterocycles. The van der Waals surface area contributed by atoms with Gasteiger partial charge in [-0.15, -0.1) is 10.2 Å². The molecule has 0 radical (unpaired) electrons. The standard InChI is InChI=1S/C18H17ClN4O3S2/c1-11(9-14-3-2-8-26-14)20-15(24)10-27-18-23-22-17(28-18)16(25)21-13-6-4-12(19)5-7-13/h2-8,11H,9-10H2,1H3,(H,20,24)(H,21,25)/t11-/m0/s1. The molecule has 0 aliphatic heterocycles. The first kappa shape index (κ1) is 20.4. The van der Waals surface area contributed by atoms with Gasteiger partial charge < -0.3 is 15.1 Å². The Morgan fingerprint density at radius 2 is 2.04 bits per heavy atom. The summed E-state index contributed by atoms with van der Waals surface area (Å²) >= 11 is 8.19. The summed E-state index contributed by atoms with van der Waals surface area (Å²) in [5.41, 5.74) is 0.615. The fourth-order valence-corrected chi connectivity index (χ4v) is 3.99. The maximum atomic E-state index is 12.2. The topological polar surface area (TPSA) is 97.1 Å². The number of hydrogen-bond acceptors (Lipinski definition) is 7. The number of carbonyl (C=O) groups excluding carboxylic acids is 2. The lowest BCUT2D eigenvalue weighted by molar-refractivity contribution is -0.119. The van der Waals surface area contributed by atoms with E-state index in [1.54, 1.807) is 30.5 Å². The van der Waals surface area contributed by atoms with Crippen LogP contribution in [0.25, 0.3) is 0 Å². The Morgan fingerprint density at radius 3 is 2.75 bits per heavy atom. The van der Waals surface area contributed by atoms with E-state index >= 15 is 0 Å². The third-order valence-corrected chi connectivity index (χ3v) is 5.83. The zero-order valence-electron chi connectivity index (χ0n) is 14.8. The largest absolute Gasteiger partial charge is 0.469 e. The van der Waals surface area contributed by atoms with Crippen LogP contribution in [0.4, 0.5) is 5.69 Å². The normalized spacial score (nSPS) is 11.8. The average molecular weight is 437 g/mol. The van der Waals surface area contributed by atoms with Crippen molar-refractivity contribution in [1.82, 2.24) is 15.5 Å². The predicted molar refractivity (Wildman–Crippen MR) is 110 cm³/mol. The maximum Gasteiger partial charge on any atom is 0.286 e. The lowest BCUT2D eigenvalue weighted by Gasteiger charge is -2.11. The number of thioether (sulfide) groups is 1. The summed E-state index contributed by atoms with van der Waals surface area (Å²) < 4.78 is 5.82. The molecular weight excluding hydrogens is 420 g/mol. The van der Waals surface area contributed by atoms with E-state index in [1.807, 2.05) is 19.1 Å². The number of aromatic nitrogens is 2. The number of anilines is 1. The van der Waals surface area contributed by atoms with Crippen LogP contribution in [0.1, 0.15) is 22.5 Å². The monoisotopic (exact) mass is 436 g/mol. The van der Waals surface area contributed by atoms with Gasteiger partial charge >= 0.3 is 0 Å². The fourth-order valence-electron chi connectivity index (χ4n) is 2.30. The molecule has 0 aliphatic rings. The van der Waals surface area contributed by atoms with E-state index in [1.165, 1.54) is 11.8 Å². The Kier molecular flexibility index (Phi) is 7.07. The van der Waals surface area contributed by atoms with Crippen molar-refractivity contribution in [2.45, 2.75) is 23.7 Å². The molecule has 0 spiro atoms. The molecule has 3 aromatic rings. The quantitative estimate of drug-likeness (QED) is 0.520. The van der Waals surface area contributed by atoms with E-state index in [0.717, 1.165) is 17.1 Å². The second-order valence-corrected chi connectivity index (χ2v) is 8.51. The molecule has 2 aromatic heterocycles. The van der Waals surface area contributed by atoms with Crippen molar-refractivity contribution >= 4 is 52.2 Å². The van der Waals surface area contributed by atoms with Crippen LogP contribution < -0.4 is 10.6 Å². The fraction of sp³-hybridized carbons (Fsp3) is 0.222. The molecule has 1 aromatic carbocycles. The van der Waals surface area contributed by atoms with Crippen molar-refractivity contribution in [2.24, 2.45) is 0 Å². The van der Waals surface area contributed by atoms with E-state index in [4.69, 9.17) is 16.0 Å². The summed E-state index contributed by atoms with van der Waals surface area (Å²) in [7, 11) is 0. The van der Waals surface area contributed by atoms with Gasteiger partial charge in [0.05, 0.1) is 12.0 Å². The highest BCUT2D eigenvalue weighted by Gasteiger charge is 2.15. The molecule has 0 saturated heterocycles. The van der Waals surface area contributed by atoms with E-state index in [9.17, 15) is 9.59 Å². The Labute approximate surface area is 174 Å². The first-order chi connectivity index (χ1) is 13.5.